The first-order valence-corrected chi connectivity index (χ1v) is 8.91. The maximum absolute atomic E-state index is 3.71. The first kappa shape index (κ1) is 15.1. The molecule has 1 aromatic rings. The molecule has 1 nitrogen and oxygen atoms in total. The Morgan fingerprint density at radius 1 is 1.14 bits per heavy atom. The molecule has 0 aliphatic heterocycles. The van der Waals surface area contributed by atoms with Crippen LogP contribution in [0.2, 0.25) is 0 Å². The average molecular weight is 285 g/mol. The lowest BCUT2D eigenvalue weighted by Crippen LogP contribution is -2.35. The van der Waals surface area contributed by atoms with E-state index in [9.17, 15) is 0 Å². The van der Waals surface area contributed by atoms with Crippen molar-refractivity contribution >= 4 is 0 Å². The highest BCUT2D eigenvalue weighted by Crippen LogP contribution is 2.60. The Kier molecular flexibility index (Phi) is 4.40. The van der Waals surface area contributed by atoms with Crippen molar-refractivity contribution in [3.05, 3.63) is 35.4 Å². The predicted molar refractivity (Wildman–Crippen MR) is 90.7 cm³/mol. The number of hydrogen-bond acceptors (Lipinski definition) is 1. The Morgan fingerprint density at radius 2 is 1.81 bits per heavy atom. The van der Waals surface area contributed by atoms with E-state index in [2.05, 4.69) is 50.4 Å². The third-order valence-electron chi connectivity index (χ3n) is 5.61. The minimum atomic E-state index is 0.544. The van der Waals surface area contributed by atoms with Gasteiger partial charge in [0.05, 0.1) is 0 Å². The van der Waals surface area contributed by atoms with Gasteiger partial charge in [0.2, 0.25) is 0 Å². The molecular formula is C20H31N. The molecule has 2 atom stereocenters. The van der Waals surface area contributed by atoms with Gasteiger partial charge in [-0.1, -0.05) is 45.0 Å². The topological polar surface area (TPSA) is 12.0 Å². The van der Waals surface area contributed by atoms with Crippen LogP contribution in [-0.4, -0.2) is 13.1 Å². The highest BCUT2D eigenvalue weighted by atomic mass is 14.9. The Balaban J connectivity index is 1.66. The average Bonchev–Trinajstić information content (AvgIpc) is 3.08. The van der Waals surface area contributed by atoms with Crippen LogP contribution in [0.4, 0.5) is 0 Å². The van der Waals surface area contributed by atoms with Crippen molar-refractivity contribution in [3.8, 4) is 0 Å². The molecule has 2 aliphatic carbocycles. The van der Waals surface area contributed by atoms with Crippen LogP contribution >= 0.6 is 0 Å². The summed E-state index contributed by atoms with van der Waals surface area (Å²) in [6, 6.07) is 9.42. The number of hydrogen-bond donors (Lipinski definition) is 1. The van der Waals surface area contributed by atoms with Crippen molar-refractivity contribution in [2.24, 2.45) is 17.3 Å². The molecule has 1 aromatic carbocycles. The standard InChI is InChI=1S/C20H31N/c1-4-9-21-14-20(12-18-10-19(18)13-20)11-16-5-7-17(8-6-16)15(2)3/h5-8,15,18-19,21H,4,9-14H2,1-3H3. The van der Waals surface area contributed by atoms with Gasteiger partial charge in [0.25, 0.3) is 0 Å². The van der Waals surface area contributed by atoms with E-state index in [4.69, 9.17) is 0 Å². The van der Waals surface area contributed by atoms with Gasteiger partial charge in [0.15, 0.2) is 0 Å². The first-order valence-electron chi connectivity index (χ1n) is 8.91. The molecule has 2 unspecified atom stereocenters. The summed E-state index contributed by atoms with van der Waals surface area (Å²) >= 11 is 0. The smallest absolute Gasteiger partial charge is 0.00112 e. The van der Waals surface area contributed by atoms with E-state index in [0.29, 0.717) is 11.3 Å². The zero-order valence-electron chi connectivity index (χ0n) is 14.0. The Hall–Kier alpha value is -0.820. The maximum atomic E-state index is 3.71. The minimum absolute atomic E-state index is 0.544. The molecule has 2 fully saturated rings. The van der Waals surface area contributed by atoms with Crippen molar-refractivity contribution in [1.29, 1.82) is 0 Å². The molecule has 116 valence electrons. The van der Waals surface area contributed by atoms with Gasteiger partial charge in [-0.25, -0.2) is 0 Å². The minimum Gasteiger partial charge on any atom is -0.316 e. The van der Waals surface area contributed by atoms with Crippen LogP contribution in [0.5, 0.6) is 0 Å². The van der Waals surface area contributed by atoms with Crippen LogP contribution in [-0.2, 0) is 6.42 Å². The fourth-order valence-corrected chi connectivity index (χ4v) is 4.34. The quantitative estimate of drug-likeness (QED) is 0.712. The monoisotopic (exact) mass is 285 g/mol. The van der Waals surface area contributed by atoms with Crippen LogP contribution in [0, 0.1) is 17.3 Å². The lowest BCUT2D eigenvalue weighted by atomic mass is 9.77. The Labute approximate surface area is 130 Å². The largest absolute Gasteiger partial charge is 0.316 e. The van der Waals surface area contributed by atoms with Crippen LogP contribution in [0.25, 0.3) is 0 Å². The number of rotatable bonds is 7. The van der Waals surface area contributed by atoms with Crippen LogP contribution in [0.1, 0.15) is 63.5 Å². The van der Waals surface area contributed by atoms with Gasteiger partial charge in [-0.15, -0.1) is 0 Å². The van der Waals surface area contributed by atoms with Gasteiger partial charge >= 0.3 is 0 Å². The van der Waals surface area contributed by atoms with Crippen molar-refractivity contribution in [3.63, 3.8) is 0 Å². The van der Waals surface area contributed by atoms with E-state index < -0.39 is 0 Å². The summed E-state index contributed by atoms with van der Waals surface area (Å²) < 4.78 is 0. The highest BCUT2D eigenvalue weighted by molar-refractivity contribution is 5.26. The SMILES string of the molecule is CCCNCC1(Cc2ccc(C(C)C)cc2)CC2CC2C1. The highest BCUT2D eigenvalue weighted by Gasteiger charge is 2.53. The molecule has 2 saturated carbocycles. The summed E-state index contributed by atoms with van der Waals surface area (Å²) in [7, 11) is 0. The molecule has 0 spiro atoms. The molecule has 0 saturated heterocycles. The maximum Gasteiger partial charge on any atom is 0.00112 e. The number of nitrogens with one attached hydrogen (secondary N) is 1. The van der Waals surface area contributed by atoms with Gasteiger partial charge in [0.1, 0.15) is 0 Å². The first-order chi connectivity index (χ1) is 10.1. The summed E-state index contributed by atoms with van der Waals surface area (Å²) in [6.07, 6.45) is 6.95. The molecule has 0 amide bonds. The van der Waals surface area contributed by atoms with Crippen LogP contribution in [0.3, 0.4) is 0 Å². The molecular weight excluding hydrogens is 254 g/mol. The van der Waals surface area contributed by atoms with E-state index in [1.54, 1.807) is 5.56 Å². The van der Waals surface area contributed by atoms with Crippen molar-refractivity contribution in [2.45, 2.75) is 58.8 Å². The molecule has 0 heterocycles. The van der Waals surface area contributed by atoms with E-state index in [1.165, 1.54) is 50.8 Å². The second-order valence-corrected chi connectivity index (χ2v) is 7.91. The predicted octanol–water partition coefficient (Wildman–Crippen LogP) is 4.77. The Morgan fingerprint density at radius 3 is 2.38 bits per heavy atom. The van der Waals surface area contributed by atoms with Crippen LogP contribution < -0.4 is 5.32 Å². The summed E-state index contributed by atoms with van der Waals surface area (Å²) in [5.74, 6) is 2.75. The van der Waals surface area contributed by atoms with Gasteiger partial charge < -0.3 is 5.32 Å². The van der Waals surface area contributed by atoms with Crippen molar-refractivity contribution < 1.29 is 0 Å². The normalized spacial score (nSPS) is 30.7. The van der Waals surface area contributed by atoms with E-state index in [1.807, 2.05) is 0 Å². The molecule has 1 N–H and O–H groups in total. The summed E-state index contributed by atoms with van der Waals surface area (Å²) in [5.41, 5.74) is 3.55. The molecule has 3 rings (SSSR count). The second-order valence-electron chi connectivity index (χ2n) is 7.91. The molecule has 0 aromatic heterocycles. The van der Waals surface area contributed by atoms with Gasteiger partial charge in [-0.3, -0.25) is 0 Å². The number of fused-ring (bicyclic) bond motifs is 1. The molecule has 2 aliphatic rings. The lowest BCUT2D eigenvalue weighted by molar-refractivity contribution is 0.249. The van der Waals surface area contributed by atoms with Crippen LogP contribution in [0.15, 0.2) is 24.3 Å². The zero-order chi connectivity index (χ0) is 14.9. The molecule has 1 heteroatoms. The summed E-state index contributed by atoms with van der Waals surface area (Å²) in [5, 5.41) is 3.71. The zero-order valence-corrected chi connectivity index (χ0v) is 14.0. The molecule has 0 bridgehead atoms. The fraction of sp³-hybridized carbons (Fsp3) is 0.700. The molecule has 21 heavy (non-hydrogen) atoms. The lowest BCUT2D eigenvalue weighted by Gasteiger charge is -2.32. The summed E-state index contributed by atoms with van der Waals surface area (Å²) in [6.45, 7) is 9.20. The number of benzene rings is 1. The third-order valence-corrected chi connectivity index (χ3v) is 5.61. The summed E-state index contributed by atoms with van der Waals surface area (Å²) in [4.78, 5) is 0. The van der Waals surface area contributed by atoms with E-state index >= 15 is 0 Å². The second kappa shape index (κ2) is 6.12. The van der Waals surface area contributed by atoms with Crippen molar-refractivity contribution in [1.82, 2.24) is 5.32 Å². The van der Waals surface area contributed by atoms with Gasteiger partial charge in [-0.05, 0) is 72.9 Å². The van der Waals surface area contributed by atoms with E-state index in [0.717, 1.165) is 11.8 Å². The molecule has 0 radical (unpaired) electrons. The third kappa shape index (κ3) is 3.51. The van der Waals surface area contributed by atoms with Crippen molar-refractivity contribution in [2.75, 3.05) is 13.1 Å². The Bertz CT molecular complexity index is 449. The fourth-order valence-electron chi connectivity index (χ4n) is 4.34. The van der Waals surface area contributed by atoms with Gasteiger partial charge in [0, 0.05) is 6.54 Å². The van der Waals surface area contributed by atoms with Gasteiger partial charge in [-0.2, -0.15) is 0 Å². The van der Waals surface area contributed by atoms with E-state index in [-0.39, 0.29) is 0 Å².